The third kappa shape index (κ3) is 2.85. The number of esters is 1. The Bertz CT molecular complexity index is 498. The molecule has 1 rings (SSSR count). The minimum absolute atomic E-state index is 0.158. The lowest BCUT2D eigenvalue weighted by atomic mass is 10.0. The zero-order chi connectivity index (χ0) is 12.8. The lowest BCUT2D eigenvalue weighted by molar-refractivity contribution is -0.138. The van der Waals surface area contributed by atoms with E-state index in [1.807, 2.05) is 6.07 Å². The second-order valence-electron chi connectivity index (χ2n) is 3.37. The lowest BCUT2D eigenvalue weighted by Gasteiger charge is -2.06. The van der Waals surface area contributed by atoms with Gasteiger partial charge in [0.15, 0.2) is 5.57 Å². The van der Waals surface area contributed by atoms with Crippen molar-refractivity contribution in [2.45, 2.75) is 13.8 Å². The van der Waals surface area contributed by atoms with Crippen molar-refractivity contribution < 1.29 is 14.6 Å². The topological polar surface area (TPSA) is 70.3 Å². The molecule has 88 valence electrons. The number of hydrogen-bond donors (Lipinski definition) is 1. The van der Waals surface area contributed by atoms with Gasteiger partial charge in [-0.3, -0.25) is 0 Å². The van der Waals surface area contributed by atoms with E-state index in [1.54, 1.807) is 38.1 Å². The van der Waals surface area contributed by atoms with E-state index in [-0.39, 0.29) is 17.9 Å². The molecule has 0 heterocycles. The van der Waals surface area contributed by atoms with Crippen LogP contribution in [0.1, 0.15) is 18.1 Å². The average molecular weight is 231 g/mol. The molecule has 0 unspecified atom stereocenters. The summed E-state index contributed by atoms with van der Waals surface area (Å²) >= 11 is 0. The van der Waals surface area contributed by atoms with Crippen molar-refractivity contribution in [2.75, 3.05) is 6.61 Å². The van der Waals surface area contributed by atoms with Crippen LogP contribution in [0.15, 0.2) is 29.8 Å². The number of rotatable bonds is 3. The summed E-state index contributed by atoms with van der Waals surface area (Å²) in [4.78, 5) is 11.4. The molecule has 0 aliphatic carbocycles. The fourth-order valence-electron chi connectivity index (χ4n) is 1.37. The van der Waals surface area contributed by atoms with Gasteiger partial charge in [0.25, 0.3) is 0 Å². The molecule has 1 aromatic rings. The highest BCUT2D eigenvalue weighted by atomic mass is 16.5. The minimum Gasteiger partial charge on any atom is -0.506 e. The third-order valence-electron chi connectivity index (χ3n) is 2.23. The van der Waals surface area contributed by atoms with Crippen LogP contribution in [0.3, 0.4) is 0 Å². The normalized spacial score (nSPS) is 11.4. The van der Waals surface area contributed by atoms with Crippen molar-refractivity contribution >= 4 is 11.7 Å². The molecule has 0 aliphatic rings. The predicted octanol–water partition coefficient (Wildman–Crippen LogP) is 2.35. The van der Waals surface area contributed by atoms with Gasteiger partial charge in [0.2, 0.25) is 0 Å². The molecule has 0 saturated carbocycles. The van der Waals surface area contributed by atoms with Crippen molar-refractivity contribution in [2.24, 2.45) is 0 Å². The highest BCUT2D eigenvalue weighted by molar-refractivity contribution is 6.00. The van der Waals surface area contributed by atoms with E-state index >= 15 is 0 Å². The largest absolute Gasteiger partial charge is 0.506 e. The Kier molecular flexibility index (Phi) is 4.29. The Morgan fingerprint density at radius 3 is 2.65 bits per heavy atom. The molecule has 4 nitrogen and oxygen atoms in total. The Morgan fingerprint density at radius 2 is 2.12 bits per heavy atom. The van der Waals surface area contributed by atoms with Gasteiger partial charge in [0.1, 0.15) is 11.8 Å². The SMILES string of the molecule is CCOC(=O)C(C#N)=C(O)c1ccccc1C. The van der Waals surface area contributed by atoms with Crippen molar-refractivity contribution in [1.29, 1.82) is 5.26 Å². The number of ether oxygens (including phenoxy) is 1. The second kappa shape index (κ2) is 5.71. The average Bonchev–Trinajstić information content (AvgIpc) is 2.30. The maximum Gasteiger partial charge on any atom is 0.352 e. The molecular weight excluding hydrogens is 218 g/mol. The summed E-state index contributed by atoms with van der Waals surface area (Å²) in [6, 6.07) is 8.62. The molecule has 0 aromatic heterocycles. The molecule has 0 atom stereocenters. The first-order chi connectivity index (χ1) is 8.11. The molecule has 1 aromatic carbocycles. The van der Waals surface area contributed by atoms with E-state index < -0.39 is 5.97 Å². The lowest BCUT2D eigenvalue weighted by Crippen LogP contribution is -2.09. The van der Waals surface area contributed by atoms with E-state index in [2.05, 4.69) is 0 Å². The maximum absolute atomic E-state index is 11.4. The second-order valence-corrected chi connectivity index (χ2v) is 3.37. The van der Waals surface area contributed by atoms with Gasteiger partial charge in [-0.1, -0.05) is 24.3 Å². The predicted molar refractivity (Wildman–Crippen MR) is 63.0 cm³/mol. The molecule has 0 bridgehead atoms. The fraction of sp³-hybridized carbons (Fsp3) is 0.231. The number of carbonyl (C=O) groups excluding carboxylic acids is 1. The Balaban J connectivity index is 3.24. The van der Waals surface area contributed by atoms with Gasteiger partial charge in [-0.2, -0.15) is 5.26 Å². The fourth-order valence-corrected chi connectivity index (χ4v) is 1.37. The summed E-state index contributed by atoms with van der Waals surface area (Å²) in [5, 5.41) is 18.8. The molecule has 17 heavy (non-hydrogen) atoms. The third-order valence-corrected chi connectivity index (χ3v) is 2.23. The van der Waals surface area contributed by atoms with E-state index in [1.165, 1.54) is 0 Å². The van der Waals surface area contributed by atoms with Crippen LogP contribution in [0, 0.1) is 18.3 Å². The summed E-state index contributed by atoms with van der Waals surface area (Å²) in [6.45, 7) is 3.58. The zero-order valence-electron chi connectivity index (χ0n) is 9.73. The van der Waals surface area contributed by atoms with Crippen molar-refractivity contribution in [3.63, 3.8) is 0 Å². The molecule has 0 fully saturated rings. The van der Waals surface area contributed by atoms with Crippen LogP contribution in [-0.4, -0.2) is 17.7 Å². The Morgan fingerprint density at radius 1 is 1.47 bits per heavy atom. The van der Waals surface area contributed by atoms with Gasteiger partial charge in [-0.05, 0) is 19.4 Å². The van der Waals surface area contributed by atoms with E-state index in [4.69, 9.17) is 10.00 Å². The van der Waals surface area contributed by atoms with Gasteiger partial charge in [0.05, 0.1) is 6.61 Å². The molecule has 0 radical (unpaired) electrons. The summed E-state index contributed by atoms with van der Waals surface area (Å²) in [5.41, 5.74) is 0.861. The summed E-state index contributed by atoms with van der Waals surface area (Å²) in [6.07, 6.45) is 0. The number of nitriles is 1. The van der Waals surface area contributed by atoms with E-state index in [0.717, 1.165) is 5.56 Å². The van der Waals surface area contributed by atoms with Gasteiger partial charge < -0.3 is 9.84 Å². The van der Waals surface area contributed by atoms with Crippen molar-refractivity contribution in [1.82, 2.24) is 0 Å². The van der Waals surface area contributed by atoms with Gasteiger partial charge in [0, 0.05) is 5.56 Å². The number of aliphatic hydroxyl groups excluding tert-OH is 1. The van der Waals surface area contributed by atoms with Crippen LogP contribution in [0.4, 0.5) is 0 Å². The highest BCUT2D eigenvalue weighted by Gasteiger charge is 2.18. The van der Waals surface area contributed by atoms with Crippen LogP contribution in [0.25, 0.3) is 5.76 Å². The number of hydrogen-bond acceptors (Lipinski definition) is 4. The quantitative estimate of drug-likeness (QED) is 0.375. The van der Waals surface area contributed by atoms with Gasteiger partial charge in [-0.15, -0.1) is 0 Å². The number of nitrogens with zero attached hydrogens (tertiary/aromatic N) is 1. The first-order valence-corrected chi connectivity index (χ1v) is 5.18. The van der Waals surface area contributed by atoms with E-state index in [9.17, 15) is 9.90 Å². The summed E-state index contributed by atoms with van der Waals surface area (Å²) < 4.78 is 4.70. The van der Waals surface area contributed by atoms with E-state index in [0.29, 0.717) is 5.56 Å². The maximum atomic E-state index is 11.4. The first kappa shape index (κ1) is 12.8. The Hall–Kier alpha value is -2.28. The van der Waals surface area contributed by atoms with Crippen LogP contribution >= 0.6 is 0 Å². The molecule has 4 heteroatoms. The monoisotopic (exact) mass is 231 g/mol. The molecule has 0 spiro atoms. The standard InChI is InChI=1S/C13H13NO3/c1-3-17-13(16)11(8-14)12(15)10-7-5-4-6-9(10)2/h4-7,15H,3H2,1-2H3. The van der Waals surface area contributed by atoms with Gasteiger partial charge in [-0.25, -0.2) is 4.79 Å². The van der Waals surface area contributed by atoms with Crippen LogP contribution in [0.5, 0.6) is 0 Å². The Labute approximate surface area is 99.8 Å². The number of aryl methyl sites for hydroxylation is 1. The van der Waals surface area contributed by atoms with Crippen molar-refractivity contribution in [3.8, 4) is 6.07 Å². The highest BCUT2D eigenvalue weighted by Crippen LogP contribution is 2.20. The smallest absolute Gasteiger partial charge is 0.352 e. The van der Waals surface area contributed by atoms with Crippen LogP contribution < -0.4 is 0 Å². The number of aliphatic hydroxyl groups is 1. The van der Waals surface area contributed by atoms with Crippen molar-refractivity contribution in [3.05, 3.63) is 41.0 Å². The molecule has 0 amide bonds. The summed E-state index contributed by atoms with van der Waals surface area (Å²) in [5.74, 6) is -1.15. The zero-order valence-corrected chi connectivity index (χ0v) is 9.73. The molecule has 0 saturated heterocycles. The summed E-state index contributed by atoms with van der Waals surface area (Å²) in [7, 11) is 0. The molecule has 0 aliphatic heterocycles. The van der Waals surface area contributed by atoms with Gasteiger partial charge >= 0.3 is 5.97 Å². The molecular formula is C13H13NO3. The first-order valence-electron chi connectivity index (χ1n) is 5.18. The minimum atomic E-state index is -0.809. The molecule has 1 N–H and O–H groups in total. The number of benzene rings is 1. The van der Waals surface area contributed by atoms with Crippen LogP contribution in [-0.2, 0) is 9.53 Å². The van der Waals surface area contributed by atoms with Crippen LogP contribution in [0.2, 0.25) is 0 Å². The number of carbonyl (C=O) groups is 1.